The molecule has 0 saturated heterocycles. The van der Waals surface area contributed by atoms with Crippen LogP contribution in [0, 0.1) is 0 Å². The molecule has 4 aromatic rings. The molecule has 0 bridgehead atoms. The van der Waals surface area contributed by atoms with E-state index in [-0.39, 0.29) is 5.91 Å². The van der Waals surface area contributed by atoms with Gasteiger partial charge in [-0.3, -0.25) is 4.79 Å². The van der Waals surface area contributed by atoms with Gasteiger partial charge in [0.2, 0.25) is 5.95 Å². The number of nitrogens with one attached hydrogen (secondary N) is 2. The van der Waals surface area contributed by atoms with E-state index in [0.29, 0.717) is 41.9 Å². The average Bonchev–Trinajstić information content (AvgIpc) is 3.39. The molecule has 0 saturated carbocycles. The van der Waals surface area contributed by atoms with Crippen LogP contribution < -0.4 is 20.1 Å². The minimum Gasteiger partial charge on any atom is -0.493 e. The van der Waals surface area contributed by atoms with Crippen LogP contribution in [-0.2, 0) is 17.9 Å². The third-order valence-corrected chi connectivity index (χ3v) is 6.08. The molecule has 0 fully saturated rings. The lowest BCUT2D eigenvalue weighted by molar-refractivity contribution is -0.118. The van der Waals surface area contributed by atoms with E-state index in [1.54, 1.807) is 11.8 Å². The Morgan fingerprint density at radius 2 is 1.72 bits per heavy atom. The molecular weight excluding hydrogens is 454 g/mol. The number of nitrogens with zero attached hydrogens (tertiary/aromatic N) is 3. The number of hydrogen-bond donors (Lipinski definition) is 2. The molecule has 2 heterocycles. The SMILES string of the molecule is COc1cccc([C@@H]2C(C(=O)NCc3ccccc3)=C(C)Nc3ncnn32)c1OCc1ccccc1. The number of benzene rings is 3. The molecule has 8 heteroatoms. The Kier molecular flexibility index (Phi) is 6.66. The van der Waals surface area contributed by atoms with Crippen molar-refractivity contribution < 1.29 is 14.3 Å². The van der Waals surface area contributed by atoms with Gasteiger partial charge in [-0.25, -0.2) is 4.68 Å². The van der Waals surface area contributed by atoms with E-state index in [1.807, 2.05) is 85.8 Å². The van der Waals surface area contributed by atoms with Crippen LogP contribution in [-0.4, -0.2) is 27.8 Å². The normalized spacial score (nSPS) is 14.6. The number of carbonyl (C=O) groups is 1. The predicted octanol–water partition coefficient (Wildman–Crippen LogP) is 4.47. The van der Waals surface area contributed by atoms with Crippen molar-refractivity contribution in [3.05, 3.63) is 113 Å². The van der Waals surface area contributed by atoms with Crippen LogP contribution in [0.5, 0.6) is 11.5 Å². The van der Waals surface area contributed by atoms with Gasteiger partial charge in [0, 0.05) is 17.8 Å². The van der Waals surface area contributed by atoms with Crippen molar-refractivity contribution >= 4 is 11.9 Å². The van der Waals surface area contributed by atoms with Crippen molar-refractivity contribution in [2.24, 2.45) is 0 Å². The number of fused-ring (bicyclic) bond motifs is 1. The molecule has 1 atom stereocenters. The highest BCUT2D eigenvalue weighted by Gasteiger charge is 2.36. The molecule has 5 rings (SSSR count). The lowest BCUT2D eigenvalue weighted by Gasteiger charge is -2.30. The zero-order valence-corrected chi connectivity index (χ0v) is 20.1. The van der Waals surface area contributed by atoms with Gasteiger partial charge in [0.1, 0.15) is 19.0 Å². The number of carbonyl (C=O) groups excluding carboxylic acids is 1. The Morgan fingerprint density at radius 3 is 2.44 bits per heavy atom. The van der Waals surface area contributed by atoms with E-state index in [4.69, 9.17) is 9.47 Å². The Labute approximate surface area is 209 Å². The van der Waals surface area contributed by atoms with E-state index in [2.05, 4.69) is 20.7 Å². The summed E-state index contributed by atoms with van der Waals surface area (Å²) in [7, 11) is 1.60. The first-order chi connectivity index (χ1) is 17.7. The first-order valence-corrected chi connectivity index (χ1v) is 11.7. The maximum atomic E-state index is 13.6. The van der Waals surface area contributed by atoms with Gasteiger partial charge < -0.3 is 20.1 Å². The Morgan fingerprint density at radius 1 is 1.00 bits per heavy atom. The molecule has 0 radical (unpaired) electrons. The van der Waals surface area contributed by atoms with E-state index in [0.717, 1.165) is 16.7 Å². The molecule has 1 amide bonds. The topological polar surface area (TPSA) is 90.3 Å². The number of hydrogen-bond acceptors (Lipinski definition) is 6. The summed E-state index contributed by atoms with van der Waals surface area (Å²) in [5.74, 6) is 1.48. The second-order valence-electron chi connectivity index (χ2n) is 8.42. The Hall–Kier alpha value is -4.59. The highest BCUT2D eigenvalue weighted by Crippen LogP contribution is 2.43. The predicted molar refractivity (Wildman–Crippen MR) is 137 cm³/mol. The summed E-state index contributed by atoms with van der Waals surface area (Å²) >= 11 is 0. The molecule has 36 heavy (non-hydrogen) atoms. The van der Waals surface area contributed by atoms with Gasteiger partial charge in [0.25, 0.3) is 5.91 Å². The van der Waals surface area contributed by atoms with Crippen LogP contribution in [0.4, 0.5) is 5.95 Å². The zero-order valence-electron chi connectivity index (χ0n) is 20.1. The second-order valence-corrected chi connectivity index (χ2v) is 8.42. The van der Waals surface area contributed by atoms with Gasteiger partial charge in [-0.15, -0.1) is 0 Å². The monoisotopic (exact) mass is 481 g/mol. The number of ether oxygens (including phenoxy) is 2. The van der Waals surface area contributed by atoms with Crippen LogP contribution in [0.15, 0.2) is 96.5 Å². The van der Waals surface area contributed by atoms with Crippen LogP contribution in [0.1, 0.15) is 29.7 Å². The molecule has 1 aromatic heterocycles. The maximum absolute atomic E-state index is 13.6. The van der Waals surface area contributed by atoms with Crippen molar-refractivity contribution in [1.29, 1.82) is 0 Å². The fraction of sp³-hybridized carbons (Fsp3) is 0.179. The number of para-hydroxylation sites is 1. The third-order valence-electron chi connectivity index (χ3n) is 6.08. The zero-order chi connectivity index (χ0) is 24.9. The molecule has 3 aromatic carbocycles. The second kappa shape index (κ2) is 10.4. The molecule has 182 valence electrons. The van der Waals surface area contributed by atoms with Gasteiger partial charge in [0.15, 0.2) is 11.5 Å². The van der Waals surface area contributed by atoms with Gasteiger partial charge in [-0.1, -0.05) is 72.8 Å². The molecule has 0 unspecified atom stereocenters. The summed E-state index contributed by atoms with van der Waals surface area (Å²) in [6.45, 7) is 2.62. The van der Waals surface area contributed by atoms with Gasteiger partial charge in [-0.05, 0) is 24.1 Å². The number of allylic oxidation sites excluding steroid dienone is 1. The summed E-state index contributed by atoms with van der Waals surface area (Å²) in [5.41, 5.74) is 4.01. The van der Waals surface area contributed by atoms with Crippen LogP contribution in [0.2, 0.25) is 0 Å². The molecular formula is C28H27N5O3. The lowest BCUT2D eigenvalue weighted by atomic mass is 9.94. The summed E-state index contributed by atoms with van der Waals surface area (Å²) in [6, 6.07) is 24.8. The number of methoxy groups -OCH3 is 1. The summed E-state index contributed by atoms with van der Waals surface area (Å²) in [5, 5.41) is 10.7. The fourth-order valence-electron chi connectivity index (χ4n) is 4.34. The molecule has 8 nitrogen and oxygen atoms in total. The molecule has 0 aliphatic carbocycles. The smallest absolute Gasteiger partial charge is 0.251 e. The molecule has 1 aliphatic heterocycles. The molecule has 2 N–H and O–H groups in total. The minimum absolute atomic E-state index is 0.202. The van der Waals surface area contributed by atoms with E-state index >= 15 is 0 Å². The average molecular weight is 482 g/mol. The van der Waals surface area contributed by atoms with Crippen molar-refractivity contribution in [2.45, 2.75) is 26.1 Å². The number of amides is 1. The van der Waals surface area contributed by atoms with Crippen molar-refractivity contribution in [3.63, 3.8) is 0 Å². The summed E-state index contributed by atoms with van der Waals surface area (Å²) in [6.07, 6.45) is 1.47. The van der Waals surface area contributed by atoms with Crippen molar-refractivity contribution in [3.8, 4) is 11.5 Å². The Balaban J connectivity index is 1.53. The molecule has 1 aliphatic rings. The van der Waals surface area contributed by atoms with Gasteiger partial charge >= 0.3 is 0 Å². The summed E-state index contributed by atoms with van der Waals surface area (Å²) in [4.78, 5) is 17.9. The van der Waals surface area contributed by atoms with Crippen LogP contribution >= 0.6 is 0 Å². The quantitative estimate of drug-likeness (QED) is 0.386. The summed E-state index contributed by atoms with van der Waals surface area (Å²) < 4.78 is 13.7. The number of rotatable bonds is 8. The first kappa shape index (κ1) is 23.2. The van der Waals surface area contributed by atoms with Gasteiger partial charge in [0.05, 0.1) is 12.7 Å². The number of aromatic nitrogens is 3. The Bertz CT molecular complexity index is 1380. The van der Waals surface area contributed by atoms with Crippen molar-refractivity contribution in [1.82, 2.24) is 20.1 Å². The lowest BCUT2D eigenvalue weighted by Crippen LogP contribution is -2.35. The highest BCUT2D eigenvalue weighted by molar-refractivity contribution is 5.97. The third kappa shape index (κ3) is 4.65. The van der Waals surface area contributed by atoms with Crippen molar-refractivity contribution in [2.75, 3.05) is 12.4 Å². The first-order valence-electron chi connectivity index (χ1n) is 11.7. The minimum atomic E-state index is -0.569. The van der Waals surface area contributed by atoms with Gasteiger partial charge in [-0.2, -0.15) is 10.1 Å². The van der Waals surface area contributed by atoms with Crippen LogP contribution in [0.25, 0.3) is 0 Å². The number of anilines is 1. The standard InChI is InChI=1S/C28H27N5O3/c1-19-24(27(34)29-16-20-10-5-3-6-11-20)25(33-28(32-19)30-18-31-33)22-14-9-15-23(35-2)26(22)36-17-21-12-7-4-8-13-21/h3-15,18,25H,16-17H2,1-2H3,(H,29,34)(H,30,31,32)/t25-/m1/s1. The van der Waals surface area contributed by atoms with E-state index < -0.39 is 6.04 Å². The van der Waals surface area contributed by atoms with Crippen LogP contribution in [0.3, 0.4) is 0 Å². The molecule has 0 spiro atoms. The van der Waals surface area contributed by atoms with E-state index in [9.17, 15) is 4.79 Å². The largest absolute Gasteiger partial charge is 0.493 e. The van der Waals surface area contributed by atoms with E-state index in [1.165, 1.54) is 6.33 Å². The highest BCUT2D eigenvalue weighted by atomic mass is 16.5. The fourth-order valence-corrected chi connectivity index (χ4v) is 4.34. The maximum Gasteiger partial charge on any atom is 0.251 e.